The van der Waals surface area contributed by atoms with E-state index in [1.807, 2.05) is 0 Å². The van der Waals surface area contributed by atoms with Gasteiger partial charge in [0.15, 0.2) is 18.9 Å². The van der Waals surface area contributed by atoms with Crippen LogP contribution in [0.15, 0.2) is 0 Å². The number of aliphatic hydroxyl groups is 8. The number of aliphatic carboxylic acids is 1. The molecule has 3 aliphatic rings. The van der Waals surface area contributed by atoms with Crippen molar-refractivity contribution in [3.05, 3.63) is 0 Å². The molecule has 3 fully saturated rings. The molecular weight excluding hydrogens is 570 g/mol. The van der Waals surface area contributed by atoms with E-state index in [4.69, 9.17) is 40.9 Å². The zero-order valence-corrected chi connectivity index (χ0v) is 22.2. The summed E-state index contributed by atoms with van der Waals surface area (Å²) in [5, 5.41) is 91.2. The van der Waals surface area contributed by atoms with Crippen molar-refractivity contribution in [3.63, 3.8) is 0 Å². The Hall–Kier alpha value is -0.880. The first-order valence-corrected chi connectivity index (χ1v) is 12.3. The lowest BCUT2D eigenvalue weighted by Gasteiger charge is -2.52. The standard InChI is InChI=1S/C21H39N3O15.ClH/c1-5(17(32)33)21(4-27)16(31)13(30)10(24)20(39-21)38-15-7(3-26)36-19(9(23)12(15)29)37-14-6(2-25)35-18(34)8(22)11(14)28;/h5-16,18-20,25-31,34H,2-4,22-24H2,1H3,(H,32,33);1H/t5?,6-,7-,8-,9-,10-,11-,12-,13-,14?,15?,16+,18-,19+,20+,21+;/m1./s1. The van der Waals surface area contributed by atoms with Crippen molar-refractivity contribution in [1.82, 2.24) is 0 Å². The maximum Gasteiger partial charge on any atom is 0.309 e. The Kier molecular flexibility index (Phi) is 12.4. The molecule has 0 radical (unpaired) electrons. The summed E-state index contributed by atoms with van der Waals surface area (Å²) in [5.74, 6) is -3.02. The summed E-state index contributed by atoms with van der Waals surface area (Å²) in [6.45, 7) is -1.42. The summed E-state index contributed by atoms with van der Waals surface area (Å²) < 4.78 is 27.7. The summed E-state index contributed by atoms with van der Waals surface area (Å²) in [7, 11) is 0. The number of ether oxygens (including phenoxy) is 5. The van der Waals surface area contributed by atoms with Crippen LogP contribution in [0.2, 0.25) is 0 Å². The molecule has 0 aromatic heterocycles. The van der Waals surface area contributed by atoms with Gasteiger partial charge in [0, 0.05) is 0 Å². The molecule has 3 aliphatic heterocycles. The Morgan fingerprint density at radius 3 is 1.80 bits per heavy atom. The number of halogens is 1. The number of nitrogens with two attached hydrogens (primary N) is 3. The van der Waals surface area contributed by atoms with E-state index in [0.717, 1.165) is 6.92 Å². The van der Waals surface area contributed by atoms with Gasteiger partial charge in [0.25, 0.3) is 0 Å². The summed E-state index contributed by atoms with van der Waals surface area (Å²) in [4.78, 5) is 11.6. The molecule has 236 valence electrons. The normalized spacial score (nSPS) is 48.7. The van der Waals surface area contributed by atoms with Crippen LogP contribution in [0.5, 0.6) is 0 Å². The van der Waals surface area contributed by atoms with Crippen LogP contribution in [0.3, 0.4) is 0 Å². The highest BCUT2D eigenvalue weighted by Gasteiger charge is 2.59. The molecule has 0 aromatic carbocycles. The maximum absolute atomic E-state index is 11.6. The minimum Gasteiger partial charge on any atom is -0.481 e. The van der Waals surface area contributed by atoms with Gasteiger partial charge in [-0.15, -0.1) is 12.4 Å². The second-order valence-electron chi connectivity index (χ2n) is 9.98. The zero-order chi connectivity index (χ0) is 29.4. The van der Waals surface area contributed by atoms with Crippen LogP contribution in [-0.2, 0) is 28.5 Å². The average molecular weight is 610 g/mol. The van der Waals surface area contributed by atoms with Gasteiger partial charge in [-0.05, 0) is 6.92 Å². The fraction of sp³-hybridized carbons (Fsp3) is 0.952. The van der Waals surface area contributed by atoms with Crippen molar-refractivity contribution >= 4 is 18.4 Å². The van der Waals surface area contributed by atoms with Crippen molar-refractivity contribution in [3.8, 4) is 0 Å². The summed E-state index contributed by atoms with van der Waals surface area (Å²) in [6.07, 6.45) is -17.4. The molecule has 3 rings (SSSR count). The number of hydrogen-bond acceptors (Lipinski definition) is 17. The van der Waals surface area contributed by atoms with Crippen molar-refractivity contribution < 1.29 is 74.4 Å². The Morgan fingerprint density at radius 1 is 0.825 bits per heavy atom. The maximum atomic E-state index is 11.6. The van der Waals surface area contributed by atoms with Gasteiger partial charge in [0.2, 0.25) is 0 Å². The van der Waals surface area contributed by atoms with Crippen LogP contribution in [0.1, 0.15) is 6.92 Å². The van der Waals surface area contributed by atoms with Crippen molar-refractivity contribution in [2.24, 2.45) is 23.1 Å². The van der Waals surface area contributed by atoms with Crippen LogP contribution in [0, 0.1) is 5.92 Å². The molecule has 3 saturated heterocycles. The van der Waals surface area contributed by atoms with E-state index in [0.29, 0.717) is 0 Å². The third kappa shape index (κ3) is 6.38. The molecule has 3 heterocycles. The minimum absolute atomic E-state index is 0. The van der Waals surface area contributed by atoms with Gasteiger partial charge in [-0.1, -0.05) is 0 Å². The van der Waals surface area contributed by atoms with Gasteiger partial charge in [-0.25, -0.2) is 0 Å². The van der Waals surface area contributed by atoms with E-state index in [2.05, 4.69) is 0 Å². The van der Waals surface area contributed by atoms with Gasteiger partial charge in [-0.3, -0.25) is 4.79 Å². The first-order valence-electron chi connectivity index (χ1n) is 12.3. The molecule has 18 nitrogen and oxygen atoms in total. The summed E-state index contributed by atoms with van der Waals surface area (Å²) >= 11 is 0. The van der Waals surface area contributed by atoms with E-state index < -0.39 is 123 Å². The lowest BCUT2D eigenvalue weighted by Crippen LogP contribution is -2.73. The third-order valence-electron chi connectivity index (χ3n) is 7.62. The summed E-state index contributed by atoms with van der Waals surface area (Å²) in [5.41, 5.74) is 15.5. The zero-order valence-electron chi connectivity index (χ0n) is 21.4. The first-order chi connectivity index (χ1) is 18.2. The highest BCUT2D eigenvalue weighted by atomic mass is 35.5. The minimum atomic E-state index is -2.26. The Bertz CT molecular complexity index is 832. The van der Waals surface area contributed by atoms with Crippen molar-refractivity contribution in [2.45, 2.75) is 98.4 Å². The number of hydrogen-bond donors (Lipinski definition) is 12. The lowest BCUT2D eigenvalue weighted by atomic mass is 9.78. The molecular formula is C21H40ClN3O15. The number of aliphatic hydroxyl groups excluding tert-OH is 8. The van der Waals surface area contributed by atoms with Crippen LogP contribution < -0.4 is 17.2 Å². The molecule has 0 aliphatic carbocycles. The topological polar surface area (TPSA) is 323 Å². The third-order valence-corrected chi connectivity index (χ3v) is 7.62. The molecule has 40 heavy (non-hydrogen) atoms. The SMILES string of the molecule is CC(C(=O)O)[C@]1(CO)O[C@H](OC2[C@@H](CO)O[C@@H](OC3[C@@H](CO)O[C@@H](O)[C@H](N)[C@H]3O)[C@H](N)[C@H]2O)[C@H](N)[C@@H](O)[C@@H]1O.Cl. The highest BCUT2D eigenvalue weighted by Crippen LogP contribution is 2.38. The fourth-order valence-corrected chi connectivity index (χ4v) is 4.94. The predicted octanol–water partition coefficient (Wildman–Crippen LogP) is -7.16. The number of carboxylic acids is 1. The number of carbonyl (C=O) groups is 1. The fourth-order valence-electron chi connectivity index (χ4n) is 4.94. The van der Waals surface area contributed by atoms with Crippen LogP contribution in [0.25, 0.3) is 0 Å². The molecule has 0 saturated carbocycles. The van der Waals surface area contributed by atoms with E-state index >= 15 is 0 Å². The lowest BCUT2D eigenvalue weighted by molar-refractivity contribution is -0.364. The van der Waals surface area contributed by atoms with E-state index in [1.54, 1.807) is 0 Å². The Balaban J connectivity index is 0.00000560. The molecule has 0 spiro atoms. The van der Waals surface area contributed by atoms with Gasteiger partial charge in [0.05, 0.1) is 43.9 Å². The smallest absolute Gasteiger partial charge is 0.309 e. The average Bonchev–Trinajstić information content (AvgIpc) is 2.92. The van der Waals surface area contributed by atoms with E-state index in [9.17, 15) is 50.8 Å². The van der Waals surface area contributed by atoms with Crippen LogP contribution >= 0.6 is 12.4 Å². The van der Waals surface area contributed by atoms with Gasteiger partial charge in [-0.2, -0.15) is 0 Å². The van der Waals surface area contributed by atoms with Gasteiger partial charge in [0.1, 0.15) is 54.4 Å². The Labute approximate surface area is 234 Å². The van der Waals surface area contributed by atoms with Crippen LogP contribution in [-0.4, -0.2) is 163 Å². The highest BCUT2D eigenvalue weighted by molar-refractivity contribution is 5.85. The second kappa shape index (κ2) is 14.1. The molecule has 0 amide bonds. The molecule has 0 aromatic rings. The van der Waals surface area contributed by atoms with E-state index in [1.165, 1.54) is 0 Å². The molecule has 3 unspecified atom stereocenters. The predicted molar refractivity (Wildman–Crippen MR) is 130 cm³/mol. The summed E-state index contributed by atoms with van der Waals surface area (Å²) in [6, 6.07) is -4.27. The monoisotopic (exact) mass is 609 g/mol. The molecule has 19 heteroatoms. The molecule has 16 atom stereocenters. The second-order valence-corrected chi connectivity index (χ2v) is 9.98. The van der Waals surface area contributed by atoms with Crippen molar-refractivity contribution in [1.29, 1.82) is 0 Å². The number of rotatable bonds is 9. The van der Waals surface area contributed by atoms with Gasteiger partial charge >= 0.3 is 5.97 Å². The van der Waals surface area contributed by atoms with E-state index in [-0.39, 0.29) is 12.4 Å². The quantitative estimate of drug-likeness (QED) is 0.115. The van der Waals surface area contributed by atoms with Crippen molar-refractivity contribution in [2.75, 3.05) is 19.8 Å². The molecule has 0 bridgehead atoms. The van der Waals surface area contributed by atoms with Crippen LogP contribution in [0.4, 0.5) is 0 Å². The molecule has 15 N–H and O–H groups in total. The number of carboxylic acid groups (broad SMARTS) is 1. The van der Waals surface area contributed by atoms with Gasteiger partial charge < -0.3 is 86.8 Å². The first kappa shape index (κ1) is 35.3. The largest absolute Gasteiger partial charge is 0.481 e. The Morgan fingerprint density at radius 2 is 1.30 bits per heavy atom.